The first-order valence-electron chi connectivity index (χ1n) is 8.03. The summed E-state index contributed by atoms with van der Waals surface area (Å²) in [6, 6.07) is 7.61. The van der Waals surface area contributed by atoms with Crippen LogP contribution >= 0.6 is 0 Å². The number of benzene rings is 1. The Bertz CT molecular complexity index is 695. The van der Waals surface area contributed by atoms with Gasteiger partial charge in [-0.1, -0.05) is 12.1 Å². The fraction of sp³-hybridized carbons (Fsp3) is 0.471. The molecule has 6 nitrogen and oxygen atoms in total. The molecule has 1 aromatic carbocycles. The van der Waals surface area contributed by atoms with E-state index in [9.17, 15) is 9.90 Å². The van der Waals surface area contributed by atoms with Gasteiger partial charge in [-0.2, -0.15) is 5.10 Å². The van der Waals surface area contributed by atoms with Gasteiger partial charge in [0.2, 0.25) is 0 Å². The van der Waals surface area contributed by atoms with Gasteiger partial charge in [0.05, 0.1) is 12.6 Å². The molecule has 1 fully saturated rings. The van der Waals surface area contributed by atoms with E-state index in [1.54, 1.807) is 4.90 Å². The minimum atomic E-state index is -0.0644. The molecule has 0 saturated carbocycles. The number of hydrogen-bond acceptors (Lipinski definition) is 4. The Morgan fingerprint density at radius 1 is 1.43 bits per heavy atom. The lowest BCUT2D eigenvalue weighted by Gasteiger charge is -2.23. The minimum absolute atomic E-state index is 0.0209. The number of rotatable bonds is 4. The van der Waals surface area contributed by atoms with Crippen molar-refractivity contribution in [1.29, 1.82) is 0 Å². The van der Waals surface area contributed by atoms with Gasteiger partial charge >= 0.3 is 0 Å². The highest BCUT2D eigenvalue weighted by Gasteiger charge is 2.29. The zero-order chi connectivity index (χ0) is 16.4. The first-order valence-corrected chi connectivity index (χ1v) is 8.03. The predicted molar refractivity (Wildman–Crippen MR) is 87.0 cm³/mol. The van der Waals surface area contributed by atoms with E-state index >= 15 is 0 Å². The number of carbonyl (C=O) groups excluding carboxylic acids is 1. The molecule has 1 aliphatic rings. The van der Waals surface area contributed by atoms with Crippen LogP contribution in [0.1, 0.15) is 43.1 Å². The lowest BCUT2D eigenvalue weighted by atomic mass is 10.1. The maximum atomic E-state index is 12.7. The van der Waals surface area contributed by atoms with Crippen LogP contribution < -0.4 is 0 Å². The highest BCUT2D eigenvalue weighted by molar-refractivity contribution is 5.95. The van der Waals surface area contributed by atoms with Gasteiger partial charge in [0.25, 0.3) is 5.91 Å². The Morgan fingerprint density at radius 3 is 3.00 bits per heavy atom. The molecule has 1 N–H and O–H groups in total. The van der Waals surface area contributed by atoms with Crippen molar-refractivity contribution in [3.05, 3.63) is 36.2 Å². The number of hydrogen-bond donors (Lipinski definition) is 1. The van der Waals surface area contributed by atoms with Crippen LogP contribution in [0, 0.1) is 0 Å². The zero-order valence-electron chi connectivity index (χ0n) is 13.5. The predicted octanol–water partition coefficient (Wildman–Crippen LogP) is 2.12. The van der Waals surface area contributed by atoms with E-state index in [2.05, 4.69) is 10.1 Å². The maximum absolute atomic E-state index is 12.7. The van der Waals surface area contributed by atoms with Crippen molar-refractivity contribution in [2.75, 3.05) is 13.2 Å². The van der Waals surface area contributed by atoms with Crippen LogP contribution in [0.5, 0.6) is 0 Å². The number of aromatic nitrogens is 3. The first kappa shape index (κ1) is 15.7. The second kappa shape index (κ2) is 6.50. The summed E-state index contributed by atoms with van der Waals surface area (Å²) in [7, 11) is 0. The molecule has 0 aliphatic carbocycles. The standard InChI is InChI=1S/C17H22N4O2/c1-12(2)21-16(18-11-19-21)13-5-3-6-14(9-13)17(23)20-8-4-7-15(20)10-22/h3,5-6,9,11-12,15,22H,4,7-8,10H2,1-2H3/t15-/m0/s1. The summed E-state index contributed by atoms with van der Waals surface area (Å²) in [5, 5.41) is 13.7. The SMILES string of the molecule is CC(C)n1ncnc1-c1cccc(C(=O)N2CCC[C@H]2CO)c1. The monoisotopic (exact) mass is 314 g/mol. The highest BCUT2D eigenvalue weighted by atomic mass is 16.3. The molecule has 1 amide bonds. The highest BCUT2D eigenvalue weighted by Crippen LogP contribution is 2.24. The molecule has 1 atom stereocenters. The van der Waals surface area contributed by atoms with E-state index in [1.807, 2.05) is 42.8 Å². The molecule has 0 radical (unpaired) electrons. The second-order valence-corrected chi connectivity index (χ2v) is 6.18. The molecule has 2 heterocycles. The quantitative estimate of drug-likeness (QED) is 0.938. The van der Waals surface area contributed by atoms with E-state index in [0.29, 0.717) is 12.1 Å². The molecule has 0 unspecified atom stereocenters. The number of aliphatic hydroxyl groups excluding tert-OH is 1. The average Bonchev–Trinajstić information content (AvgIpc) is 3.23. The number of carbonyl (C=O) groups is 1. The van der Waals surface area contributed by atoms with Gasteiger partial charge in [-0.3, -0.25) is 4.79 Å². The normalized spacial score (nSPS) is 17.9. The van der Waals surface area contributed by atoms with Crippen molar-refractivity contribution in [3.8, 4) is 11.4 Å². The lowest BCUT2D eigenvalue weighted by molar-refractivity contribution is 0.0677. The number of nitrogens with zero attached hydrogens (tertiary/aromatic N) is 4. The van der Waals surface area contributed by atoms with Crippen LogP contribution in [-0.4, -0.2) is 49.9 Å². The smallest absolute Gasteiger partial charge is 0.254 e. The molecule has 3 rings (SSSR count). The van der Waals surface area contributed by atoms with Crippen molar-refractivity contribution < 1.29 is 9.90 Å². The third-order valence-electron chi connectivity index (χ3n) is 4.28. The van der Waals surface area contributed by atoms with Crippen molar-refractivity contribution >= 4 is 5.91 Å². The van der Waals surface area contributed by atoms with Crippen LogP contribution in [0.25, 0.3) is 11.4 Å². The van der Waals surface area contributed by atoms with Crippen molar-refractivity contribution in [3.63, 3.8) is 0 Å². The molecule has 1 aromatic heterocycles. The summed E-state index contributed by atoms with van der Waals surface area (Å²) in [5.74, 6) is 0.730. The lowest BCUT2D eigenvalue weighted by Crippen LogP contribution is -2.37. The second-order valence-electron chi connectivity index (χ2n) is 6.18. The first-order chi connectivity index (χ1) is 11.1. The summed E-state index contributed by atoms with van der Waals surface area (Å²) in [6.45, 7) is 4.82. The number of aliphatic hydroxyl groups is 1. The molecular weight excluding hydrogens is 292 g/mol. The zero-order valence-corrected chi connectivity index (χ0v) is 13.5. The van der Waals surface area contributed by atoms with Crippen LogP contribution in [0.2, 0.25) is 0 Å². The van der Waals surface area contributed by atoms with Crippen molar-refractivity contribution in [1.82, 2.24) is 19.7 Å². The van der Waals surface area contributed by atoms with E-state index in [0.717, 1.165) is 24.2 Å². The molecule has 122 valence electrons. The summed E-state index contributed by atoms with van der Waals surface area (Å²) in [6.07, 6.45) is 3.34. The molecule has 2 aromatic rings. The van der Waals surface area contributed by atoms with Gasteiger partial charge in [-0.05, 0) is 38.8 Å². The summed E-state index contributed by atoms with van der Waals surface area (Å²) in [4.78, 5) is 18.8. The molecule has 0 bridgehead atoms. The summed E-state index contributed by atoms with van der Waals surface area (Å²) >= 11 is 0. The number of likely N-dealkylation sites (tertiary alicyclic amines) is 1. The molecule has 0 spiro atoms. The van der Waals surface area contributed by atoms with Crippen LogP contribution in [0.15, 0.2) is 30.6 Å². The third kappa shape index (κ3) is 2.99. The molecule has 6 heteroatoms. The van der Waals surface area contributed by atoms with E-state index in [4.69, 9.17) is 0 Å². The van der Waals surface area contributed by atoms with Crippen LogP contribution in [-0.2, 0) is 0 Å². The molecular formula is C17H22N4O2. The Hall–Kier alpha value is -2.21. The third-order valence-corrected chi connectivity index (χ3v) is 4.28. The average molecular weight is 314 g/mol. The molecule has 1 saturated heterocycles. The summed E-state index contributed by atoms with van der Waals surface area (Å²) < 4.78 is 1.84. The number of amides is 1. The van der Waals surface area contributed by atoms with Gasteiger partial charge in [0.15, 0.2) is 5.82 Å². The van der Waals surface area contributed by atoms with E-state index in [-0.39, 0.29) is 24.6 Å². The largest absolute Gasteiger partial charge is 0.394 e. The van der Waals surface area contributed by atoms with Gasteiger partial charge in [0.1, 0.15) is 6.33 Å². The fourth-order valence-corrected chi connectivity index (χ4v) is 3.08. The van der Waals surface area contributed by atoms with Gasteiger partial charge < -0.3 is 10.0 Å². The van der Waals surface area contributed by atoms with Gasteiger partial charge in [0, 0.05) is 23.7 Å². The van der Waals surface area contributed by atoms with E-state index in [1.165, 1.54) is 6.33 Å². The Morgan fingerprint density at radius 2 is 2.26 bits per heavy atom. The summed E-state index contributed by atoms with van der Waals surface area (Å²) in [5.41, 5.74) is 1.50. The topological polar surface area (TPSA) is 71.2 Å². The molecule has 23 heavy (non-hydrogen) atoms. The maximum Gasteiger partial charge on any atom is 0.254 e. The van der Waals surface area contributed by atoms with Crippen molar-refractivity contribution in [2.24, 2.45) is 0 Å². The van der Waals surface area contributed by atoms with Gasteiger partial charge in [-0.25, -0.2) is 9.67 Å². The molecule has 1 aliphatic heterocycles. The fourth-order valence-electron chi connectivity index (χ4n) is 3.08. The van der Waals surface area contributed by atoms with Gasteiger partial charge in [-0.15, -0.1) is 0 Å². The van der Waals surface area contributed by atoms with Crippen LogP contribution in [0.3, 0.4) is 0 Å². The Labute approximate surface area is 135 Å². The van der Waals surface area contributed by atoms with Crippen LogP contribution in [0.4, 0.5) is 0 Å². The minimum Gasteiger partial charge on any atom is -0.394 e. The Kier molecular flexibility index (Phi) is 4.43. The van der Waals surface area contributed by atoms with E-state index < -0.39 is 0 Å². The Balaban J connectivity index is 1.91. The van der Waals surface area contributed by atoms with Crippen molar-refractivity contribution in [2.45, 2.75) is 38.8 Å².